The van der Waals surface area contributed by atoms with Crippen molar-refractivity contribution in [3.05, 3.63) is 28.2 Å². The van der Waals surface area contributed by atoms with E-state index >= 15 is 0 Å². The zero-order valence-electron chi connectivity index (χ0n) is 11.0. The molecule has 0 spiro atoms. The monoisotopic (exact) mass is 353 g/mol. The van der Waals surface area contributed by atoms with Gasteiger partial charge in [0.25, 0.3) is 0 Å². The van der Waals surface area contributed by atoms with Gasteiger partial charge in [0, 0.05) is 28.4 Å². The van der Waals surface area contributed by atoms with Crippen LogP contribution in [0.1, 0.15) is 18.9 Å². The van der Waals surface area contributed by atoms with Crippen molar-refractivity contribution in [2.24, 2.45) is 0 Å². The zero-order valence-corrected chi connectivity index (χ0v) is 13.4. The number of halogens is 3. The van der Waals surface area contributed by atoms with Gasteiger partial charge in [-0.15, -0.1) is 0 Å². The summed E-state index contributed by atoms with van der Waals surface area (Å²) >= 11 is 5.11. The summed E-state index contributed by atoms with van der Waals surface area (Å²) in [6.45, 7) is -0.181. The van der Waals surface area contributed by atoms with Gasteiger partial charge in [-0.1, -0.05) is 22.9 Å². The first-order chi connectivity index (χ1) is 9.06. The van der Waals surface area contributed by atoms with Crippen LogP contribution in [0, 0.1) is 0 Å². The van der Waals surface area contributed by atoms with Gasteiger partial charge in [-0.25, -0.2) is 0 Å². The number of rotatable bonds is 8. The molecule has 0 aliphatic carbocycles. The third-order valence-electron chi connectivity index (χ3n) is 2.68. The Morgan fingerprint density at radius 1 is 1.42 bits per heavy atom. The Morgan fingerprint density at radius 2 is 2.16 bits per heavy atom. The van der Waals surface area contributed by atoms with Gasteiger partial charge >= 0.3 is 6.61 Å². The van der Waals surface area contributed by atoms with Crippen molar-refractivity contribution in [3.8, 4) is 5.75 Å². The highest BCUT2D eigenvalue weighted by molar-refractivity contribution is 9.10. The van der Waals surface area contributed by atoms with Gasteiger partial charge in [-0.2, -0.15) is 20.5 Å². The standard InChI is InChI=1S/C13H18BrF2NOS/c1-3-11(8-19-2)17-7-9-6-10(14)4-5-12(9)18-13(15)16/h4-6,11,13,17H,3,7-8H2,1-2H3. The highest BCUT2D eigenvalue weighted by Gasteiger charge is 2.12. The normalized spacial score (nSPS) is 12.7. The first-order valence-corrected chi connectivity index (χ1v) is 8.21. The van der Waals surface area contributed by atoms with Crippen LogP contribution in [0.3, 0.4) is 0 Å². The van der Waals surface area contributed by atoms with E-state index in [2.05, 4.69) is 39.2 Å². The first-order valence-electron chi connectivity index (χ1n) is 6.02. The Hall–Kier alpha value is -0.330. The Kier molecular flexibility index (Phi) is 7.71. The lowest BCUT2D eigenvalue weighted by Crippen LogP contribution is -2.30. The smallest absolute Gasteiger partial charge is 0.387 e. The van der Waals surface area contributed by atoms with E-state index in [1.807, 2.05) is 0 Å². The van der Waals surface area contributed by atoms with Crippen molar-refractivity contribution in [1.29, 1.82) is 0 Å². The topological polar surface area (TPSA) is 21.3 Å². The van der Waals surface area contributed by atoms with E-state index < -0.39 is 6.61 Å². The number of hydrogen-bond donors (Lipinski definition) is 1. The number of nitrogens with one attached hydrogen (secondary N) is 1. The second-order valence-electron chi connectivity index (χ2n) is 4.07. The van der Waals surface area contributed by atoms with Crippen molar-refractivity contribution in [2.75, 3.05) is 12.0 Å². The van der Waals surface area contributed by atoms with Gasteiger partial charge in [-0.3, -0.25) is 0 Å². The number of alkyl halides is 2. The molecule has 1 N–H and O–H groups in total. The molecule has 6 heteroatoms. The summed E-state index contributed by atoms with van der Waals surface area (Å²) in [4.78, 5) is 0. The molecule has 0 fully saturated rings. The summed E-state index contributed by atoms with van der Waals surface area (Å²) in [7, 11) is 0. The molecule has 0 saturated heterocycles. The molecule has 0 amide bonds. The number of benzene rings is 1. The van der Waals surface area contributed by atoms with E-state index in [4.69, 9.17) is 0 Å². The van der Waals surface area contributed by atoms with Crippen LogP contribution in [0.15, 0.2) is 22.7 Å². The molecule has 0 aliphatic heterocycles. The molecular formula is C13H18BrF2NOS. The number of ether oxygens (including phenoxy) is 1. The van der Waals surface area contributed by atoms with E-state index in [9.17, 15) is 8.78 Å². The van der Waals surface area contributed by atoms with E-state index in [1.54, 1.807) is 30.0 Å². The summed E-state index contributed by atoms with van der Waals surface area (Å²) in [6, 6.07) is 5.42. The molecule has 108 valence electrons. The third kappa shape index (κ3) is 6.10. The molecule has 1 atom stereocenters. The van der Waals surface area contributed by atoms with Gasteiger partial charge < -0.3 is 10.1 Å². The molecule has 1 unspecified atom stereocenters. The lowest BCUT2D eigenvalue weighted by molar-refractivity contribution is -0.0505. The van der Waals surface area contributed by atoms with Gasteiger partial charge in [0.05, 0.1) is 0 Å². The van der Waals surface area contributed by atoms with Crippen molar-refractivity contribution < 1.29 is 13.5 Å². The van der Waals surface area contributed by atoms with Gasteiger partial charge in [-0.05, 0) is 30.9 Å². The summed E-state index contributed by atoms with van der Waals surface area (Å²) < 4.78 is 30.0. The van der Waals surface area contributed by atoms with Crippen molar-refractivity contribution >= 4 is 27.7 Å². The Bertz CT molecular complexity index is 393. The Labute approximate surface area is 125 Å². The van der Waals surface area contributed by atoms with Gasteiger partial charge in [0.15, 0.2) is 0 Å². The second-order valence-corrected chi connectivity index (χ2v) is 5.90. The van der Waals surface area contributed by atoms with Crippen LogP contribution < -0.4 is 10.1 Å². The maximum absolute atomic E-state index is 12.3. The minimum atomic E-state index is -2.80. The molecule has 1 aromatic rings. The van der Waals surface area contributed by atoms with E-state index in [1.165, 1.54) is 0 Å². The molecule has 1 aromatic carbocycles. The molecule has 0 radical (unpaired) electrons. The van der Waals surface area contributed by atoms with Gasteiger partial charge in [0.2, 0.25) is 0 Å². The van der Waals surface area contributed by atoms with Crippen LogP contribution >= 0.6 is 27.7 Å². The maximum atomic E-state index is 12.3. The fraction of sp³-hybridized carbons (Fsp3) is 0.538. The molecule has 0 aromatic heterocycles. The minimum Gasteiger partial charge on any atom is -0.434 e. The van der Waals surface area contributed by atoms with Crippen LogP contribution in [-0.4, -0.2) is 24.7 Å². The van der Waals surface area contributed by atoms with Crippen molar-refractivity contribution in [1.82, 2.24) is 5.32 Å². The van der Waals surface area contributed by atoms with E-state index in [0.29, 0.717) is 12.6 Å². The highest BCUT2D eigenvalue weighted by Crippen LogP contribution is 2.25. The molecule has 0 aliphatic rings. The second kappa shape index (κ2) is 8.76. The average Bonchev–Trinajstić information content (AvgIpc) is 2.36. The highest BCUT2D eigenvalue weighted by atomic mass is 79.9. The lowest BCUT2D eigenvalue weighted by Gasteiger charge is -2.17. The van der Waals surface area contributed by atoms with Crippen LogP contribution in [0.2, 0.25) is 0 Å². The first kappa shape index (κ1) is 16.7. The molecule has 0 bridgehead atoms. The predicted molar refractivity (Wildman–Crippen MR) is 80.1 cm³/mol. The van der Waals surface area contributed by atoms with Crippen LogP contribution in [0.5, 0.6) is 5.75 Å². The van der Waals surface area contributed by atoms with Crippen LogP contribution in [0.25, 0.3) is 0 Å². The quantitative estimate of drug-likeness (QED) is 0.753. The van der Waals surface area contributed by atoms with Crippen LogP contribution in [0.4, 0.5) is 8.78 Å². The lowest BCUT2D eigenvalue weighted by atomic mass is 10.2. The molecule has 19 heavy (non-hydrogen) atoms. The fourth-order valence-corrected chi connectivity index (χ4v) is 2.84. The summed E-state index contributed by atoms with van der Waals surface area (Å²) in [5.74, 6) is 1.22. The Morgan fingerprint density at radius 3 is 2.74 bits per heavy atom. The molecule has 0 saturated carbocycles. The van der Waals surface area contributed by atoms with Crippen molar-refractivity contribution in [3.63, 3.8) is 0 Å². The van der Waals surface area contributed by atoms with E-state index in [-0.39, 0.29) is 5.75 Å². The summed E-state index contributed by atoms with van der Waals surface area (Å²) in [5, 5.41) is 3.36. The Balaban J connectivity index is 2.71. The average molecular weight is 354 g/mol. The largest absolute Gasteiger partial charge is 0.434 e. The summed E-state index contributed by atoms with van der Waals surface area (Å²) in [6.07, 6.45) is 3.05. The van der Waals surface area contributed by atoms with Crippen LogP contribution in [-0.2, 0) is 6.54 Å². The number of hydrogen-bond acceptors (Lipinski definition) is 3. The predicted octanol–water partition coefficient (Wildman–Crippen LogP) is 4.28. The molecule has 1 rings (SSSR count). The fourth-order valence-electron chi connectivity index (χ4n) is 1.67. The molecule has 2 nitrogen and oxygen atoms in total. The van der Waals surface area contributed by atoms with E-state index in [0.717, 1.165) is 22.2 Å². The molecular weight excluding hydrogens is 336 g/mol. The maximum Gasteiger partial charge on any atom is 0.387 e. The van der Waals surface area contributed by atoms with Gasteiger partial charge in [0.1, 0.15) is 5.75 Å². The number of thioether (sulfide) groups is 1. The molecule has 0 heterocycles. The van der Waals surface area contributed by atoms with Crippen molar-refractivity contribution in [2.45, 2.75) is 32.5 Å². The minimum absolute atomic E-state index is 0.227. The zero-order chi connectivity index (χ0) is 14.3. The summed E-state index contributed by atoms with van der Waals surface area (Å²) in [5.41, 5.74) is 0.731. The third-order valence-corrected chi connectivity index (χ3v) is 3.91. The SMILES string of the molecule is CCC(CSC)NCc1cc(Br)ccc1OC(F)F.